The summed E-state index contributed by atoms with van der Waals surface area (Å²) in [6.45, 7) is 4.49. The first-order chi connectivity index (χ1) is 18.8. The van der Waals surface area contributed by atoms with Crippen molar-refractivity contribution in [1.82, 2.24) is 15.3 Å². The van der Waals surface area contributed by atoms with E-state index in [9.17, 15) is 19.5 Å². The minimum absolute atomic E-state index is 0.0785. The molecule has 3 aromatic rings. The molecule has 39 heavy (non-hydrogen) atoms. The zero-order valence-electron chi connectivity index (χ0n) is 21.9. The van der Waals surface area contributed by atoms with E-state index >= 15 is 0 Å². The standard InChI is InChI=1S/C25H31N6O7P/c1-4-37-39(35,38-5-2)16-8-15-36-19-13-11-18(12-14-19)28-25-27-17-22(31(33)34)23(30-25)29-21-10-7-6-9-20(21)24(32)26-3/h6-7,9-14,17H,4-5,8,15-16H2,1-3H3,(H,26,32)(H2,27,28,29,30). The molecule has 3 rings (SSSR count). The quantitative estimate of drug-likeness (QED) is 0.0962. The monoisotopic (exact) mass is 558 g/mol. The molecule has 3 N–H and O–H groups in total. The molecule has 0 aliphatic rings. The van der Waals surface area contributed by atoms with Gasteiger partial charge in [-0.15, -0.1) is 0 Å². The molecule has 0 saturated heterocycles. The Morgan fingerprint density at radius 3 is 2.38 bits per heavy atom. The number of amides is 1. The van der Waals surface area contributed by atoms with E-state index in [-0.39, 0.29) is 29.5 Å². The van der Waals surface area contributed by atoms with Crippen LogP contribution in [0.2, 0.25) is 0 Å². The summed E-state index contributed by atoms with van der Waals surface area (Å²) >= 11 is 0. The van der Waals surface area contributed by atoms with Gasteiger partial charge in [-0.1, -0.05) is 12.1 Å². The van der Waals surface area contributed by atoms with Crippen LogP contribution in [-0.4, -0.2) is 53.8 Å². The number of para-hydroxylation sites is 1. The van der Waals surface area contributed by atoms with E-state index in [2.05, 4.69) is 25.9 Å². The summed E-state index contributed by atoms with van der Waals surface area (Å²) in [6.07, 6.45) is 1.84. The molecule has 14 heteroatoms. The Kier molecular flexibility index (Phi) is 10.7. The number of hydrogen-bond donors (Lipinski definition) is 3. The van der Waals surface area contributed by atoms with Gasteiger partial charge in [-0.05, 0) is 56.7 Å². The molecular formula is C25H31N6O7P. The average Bonchev–Trinajstić information content (AvgIpc) is 2.92. The molecule has 0 aliphatic carbocycles. The number of anilines is 4. The summed E-state index contributed by atoms with van der Waals surface area (Å²) in [5.74, 6) is 0.274. The van der Waals surface area contributed by atoms with Gasteiger partial charge in [0.2, 0.25) is 11.8 Å². The number of carbonyl (C=O) groups excluding carboxylic acids is 1. The van der Waals surface area contributed by atoms with Gasteiger partial charge in [0.15, 0.2) is 0 Å². The fraction of sp³-hybridized carbons (Fsp3) is 0.320. The molecule has 2 aromatic carbocycles. The number of rotatable bonds is 15. The van der Waals surface area contributed by atoms with E-state index in [1.807, 2.05) is 0 Å². The van der Waals surface area contributed by atoms with Crippen LogP contribution in [0.5, 0.6) is 5.75 Å². The Balaban J connectivity index is 1.66. The van der Waals surface area contributed by atoms with Crippen molar-refractivity contribution in [3.05, 3.63) is 70.4 Å². The highest BCUT2D eigenvalue weighted by atomic mass is 31.2. The number of hydrogen-bond acceptors (Lipinski definition) is 11. The number of nitrogens with one attached hydrogen (secondary N) is 3. The third-order valence-corrected chi connectivity index (χ3v) is 7.39. The molecule has 0 fully saturated rings. The number of benzene rings is 2. The molecule has 1 amide bonds. The Hall–Kier alpha value is -4.06. The van der Waals surface area contributed by atoms with Crippen molar-refractivity contribution in [3.8, 4) is 5.75 Å². The first kappa shape index (κ1) is 29.5. The second-order valence-electron chi connectivity index (χ2n) is 7.96. The topological polar surface area (TPSA) is 167 Å². The third-order valence-electron chi connectivity index (χ3n) is 5.23. The Labute approximate surface area is 226 Å². The molecule has 208 valence electrons. The normalized spacial score (nSPS) is 11.1. The van der Waals surface area contributed by atoms with Gasteiger partial charge < -0.3 is 29.7 Å². The predicted octanol–water partition coefficient (Wildman–Crippen LogP) is 5.27. The van der Waals surface area contributed by atoms with Crippen LogP contribution < -0.4 is 20.7 Å². The van der Waals surface area contributed by atoms with Gasteiger partial charge in [-0.3, -0.25) is 19.5 Å². The first-order valence-electron chi connectivity index (χ1n) is 12.3. The lowest BCUT2D eigenvalue weighted by Gasteiger charge is -2.16. The van der Waals surface area contributed by atoms with Crippen molar-refractivity contribution in [1.29, 1.82) is 0 Å². The van der Waals surface area contributed by atoms with Gasteiger partial charge in [0.1, 0.15) is 11.9 Å². The fourth-order valence-corrected chi connectivity index (χ4v) is 5.12. The second kappa shape index (κ2) is 14.2. The smallest absolute Gasteiger partial charge is 0.330 e. The van der Waals surface area contributed by atoms with E-state index in [0.717, 1.165) is 6.20 Å². The van der Waals surface area contributed by atoms with Crippen LogP contribution in [0.25, 0.3) is 0 Å². The highest BCUT2D eigenvalue weighted by Gasteiger charge is 2.23. The van der Waals surface area contributed by atoms with Crippen LogP contribution in [0.1, 0.15) is 30.6 Å². The average molecular weight is 559 g/mol. The minimum Gasteiger partial charge on any atom is -0.494 e. The molecule has 1 heterocycles. The highest BCUT2D eigenvalue weighted by molar-refractivity contribution is 7.53. The van der Waals surface area contributed by atoms with Crippen LogP contribution in [0.3, 0.4) is 0 Å². The van der Waals surface area contributed by atoms with Crippen LogP contribution >= 0.6 is 7.60 Å². The zero-order chi connectivity index (χ0) is 28.3. The molecule has 13 nitrogen and oxygen atoms in total. The fourth-order valence-electron chi connectivity index (χ4n) is 3.49. The zero-order valence-corrected chi connectivity index (χ0v) is 22.8. The van der Waals surface area contributed by atoms with E-state index in [4.69, 9.17) is 13.8 Å². The molecule has 1 aromatic heterocycles. The van der Waals surface area contributed by atoms with E-state index < -0.39 is 12.5 Å². The van der Waals surface area contributed by atoms with Crippen molar-refractivity contribution < 1.29 is 28.1 Å². The maximum Gasteiger partial charge on any atom is 0.330 e. The molecule has 0 atom stereocenters. The summed E-state index contributed by atoms with van der Waals surface area (Å²) in [4.78, 5) is 31.5. The Morgan fingerprint density at radius 2 is 1.74 bits per heavy atom. The van der Waals surface area contributed by atoms with Gasteiger partial charge in [0, 0.05) is 12.7 Å². The van der Waals surface area contributed by atoms with Gasteiger partial charge in [0.05, 0.1) is 42.2 Å². The molecule has 0 saturated carbocycles. The van der Waals surface area contributed by atoms with Crippen molar-refractivity contribution in [2.75, 3.05) is 43.7 Å². The lowest BCUT2D eigenvalue weighted by atomic mass is 10.1. The number of carbonyl (C=O) groups is 1. The Morgan fingerprint density at radius 1 is 1.05 bits per heavy atom. The summed E-state index contributed by atoms with van der Waals surface area (Å²) in [6, 6.07) is 13.5. The second-order valence-corrected chi connectivity index (χ2v) is 10.1. The summed E-state index contributed by atoms with van der Waals surface area (Å²) < 4.78 is 28.8. The van der Waals surface area contributed by atoms with Crippen LogP contribution in [0.4, 0.5) is 28.8 Å². The Bertz CT molecular complexity index is 1310. The molecule has 0 aliphatic heterocycles. The van der Waals surface area contributed by atoms with Crippen molar-refractivity contribution in [2.45, 2.75) is 20.3 Å². The lowest BCUT2D eigenvalue weighted by Crippen LogP contribution is -2.19. The maximum atomic E-state index is 12.5. The van der Waals surface area contributed by atoms with E-state index in [1.165, 1.54) is 7.05 Å². The molecule has 0 radical (unpaired) electrons. The lowest BCUT2D eigenvalue weighted by molar-refractivity contribution is -0.384. The minimum atomic E-state index is -3.10. The largest absolute Gasteiger partial charge is 0.494 e. The van der Waals surface area contributed by atoms with Gasteiger partial charge in [0.25, 0.3) is 5.91 Å². The van der Waals surface area contributed by atoms with Crippen molar-refractivity contribution >= 4 is 42.3 Å². The maximum absolute atomic E-state index is 12.5. The van der Waals surface area contributed by atoms with Crippen molar-refractivity contribution in [2.24, 2.45) is 0 Å². The number of aromatic nitrogens is 2. The van der Waals surface area contributed by atoms with Crippen LogP contribution in [-0.2, 0) is 13.6 Å². The number of ether oxygens (including phenoxy) is 1. The number of nitro groups is 1. The highest BCUT2D eigenvalue weighted by Crippen LogP contribution is 2.48. The summed E-state index contributed by atoms with van der Waals surface area (Å²) in [5, 5.41) is 20.0. The van der Waals surface area contributed by atoms with Crippen LogP contribution in [0, 0.1) is 10.1 Å². The van der Waals surface area contributed by atoms with Gasteiger partial charge in [-0.25, -0.2) is 4.98 Å². The van der Waals surface area contributed by atoms with E-state index in [0.29, 0.717) is 48.9 Å². The number of nitrogens with zero attached hydrogens (tertiary/aromatic N) is 3. The summed E-state index contributed by atoms with van der Waals surface area (Å²) in [5.41, 5.74) is 0.918. The SMILES string of the molecule is CCOP(=O)(CCCOc1ccc(Nc2ncc([N+](=O)[O-])c(Nc3ccccc3C(=O)NC)n2)cc1)OCC. The van der Waals surface area contributed by atoms with E-state index in [1.54, 1.807) is 62.4 Å². The molecule has 0 unspecified atom stereocenters. The third kappa shape index (κ3) is 8.47. The van der Waals surface area contributed by atoms with Gasteiger partial charge >= 0.3 is 13.3 Å². The predicted molar refractivity (Wildman–Crippen MR) is 147 cm³/mol. The molecule has 0 spiro atoms. The first-order valence-corrected chi connectivity index (χ1v) is 14.0. The molecular weight excluding hydrogens is 527 g/mol. The molecule has 0 bridgehead atoms. The van der Waals surface area contributed by atoms with Crippen molar-refractivity contribution in [3.63, 3.8) is 0 Å². The summed E-state index contributed by atoms with van der Waals surface area (Å²) in [7, 11) is -1.61. The van der Waals surface area contributed by atoms with Crippen LogP contribution in [0.15, 0.2) is 54.7 Å². The van der Waals surface area contributed by atoms with Gasteiger partial charge in [-0.2, -0.15) is 4.98 Å².